The fourth-order valence-corrected chi connectivity index (χ4v) is 5.32. The molecule has 3 heterocycles. The maximum absolute atomic E-state index is 13.4. The van der Waals surface area contributed by atoms with E-state index in [4.69, 9.17) is 9.47 Å². The highest BCUT2D eigenvalue weighted by Crippen LogP contribution is 2.45. The Balaban J connectivity index is 1.86. The van der Waals surface area contributed by atoms with E-state index in [0.29, 0.717) is 39.8 Å². The van der Waals surface area contributed by atoms with E-state index in [1.807, 2.05) is 0 Å². The summed E-state index contributed by atoms with van der Waals surface area (Å²) in [5.41, 5.74) is 1.21. The Kier molecular flexibility index (Phi) is 8.21. The van der Waals surface area contributed by atoms with Gasteiger partial charge in [-0.05, 0) is 43.2 Å². The normalized spacial score (nSPS) is 16.6. The number of Topliss-reactive ketones (excluding diaryl/α,β-unsaturated/α-hetero) is 2. The molecule has 0 radical (unpaired) electrons. The summed E-state index contributed by atoms with van der Waals surface area (Å²) in [6.45, 7) is 5.73. The summed E-state index contributed by atoms with van der Waals surface area (Å²) in [6, 6.07) is 7.22. The molecule has 1 saturated heterocycles. The van der Waals surface area contributed by atoms with Crippen molar-refractivity contribution in [2.75, 3.05) is 18.6 Å². The van der Waals surface area contributed by atoms with Crippen molar-refractivity contribution in [2.24, 2.45) is 0 Å². The Morgan fingerprint density at radius 1 is 1.13 bits per heavy atom. The number of hydrogen-bond donors (Lipinski definition) is 1. The number of aliphatic hydroxyl groups is 1. The molecule has 10 heteroatoms. The Hall–Kier alpha value is -4.05. The molecular weight excluding hydrogens is 506 g/mol. The fourth-order valence-electron chi connectivity index (χ4n) is 4.33. The summed E-state index contributed by atoms with van der Waals surface area (Å²) in [5.74, 6) is -1.29. The van der Waals surface area contributed by atoms with E-state index in [1.165, 1.54) is 31.3 Å². The molecule has 1 aliphatic rings. The lowest BCUT2D eigenvalue weighted by Gasteiger charge is -2.24. The number of aromatic nitrogens is 2. The molecule has 0 saturated carbocycles. The minimum absolute atomic E-state index is 0.0999. The van der Waals surface area contributed by atoms with Gasteiger partial charge in [0.15, 0.2) is 22.4 Å². The summed E-state index contributed by atoms with van der Waals surface area (Å²) in [7, 11) is 1.51. The van der Waals surface area contributed by atoms with Crippen molar-refractivity contribution in [1.29, 1.82) is 0 Å². The van der Waals surface area contributed by atoms with Gasteiger partial charge in [-0.2, -0.15) is 0 Å². The number of thiazole rings is 1. The molecule has 1 unspecified atom stereocenters. The van der Waals surface area contributed by atoms with Crippen LogP contribution in [0.2, 0.25) is 0 Å². The Morgan fingerprint density at radius 2 is 1.87 bits per heavy atom. The maximum atomic E-state index is 13.4. The van der Waals surface area contributed by atoms with Gasteiger partial charge in [-0.3, -0.25) is 24.3 Å². The molecule has 9 nitrogen and oxygen atoms in total. The van der Waals surface area contributed by atoms with E-state index in [1.54, 1.807) is 37.3 Å². The highest BCUT2D eigenvalue weighted by Gasteiger charge is 2.48. The van der Waals surface area contributed by atoms with Gasteiger partial charge >= 0.3 is 5.91 Å². The average molecular weight is 536 g/mol. The smallest absolute Gasteiger partial charge is 0.301 e. The second kappa shape index (κ2) is 11.6. The number of pyridine rings is 1. The van der Waals surface area contributed by atoms with Crippen molar-refractivity contribution in [2.45, 2.75) is 46.1 Å². The number of ether oxygens (including phenoxy) is 2. The number of anilines is 1. The first-order chi connectivity index (χ1) is 18.3. The van der Waals surface area contributed by atoms with Crippen molar-refractivity contribution >= 4 is 39.7 Å². The van der Waals surface area contributed by atoms with Crippen LogP contribution in [-0.2, 0) is 9.59 Å². The number of amides is 1. The minimum Gasteiger partial charge on any atom is -0.507 e. The quantitative estimate of drug-likeness (QED) is 0.123. The number of benzene rings is 1. The summed E-state index contributed by atoms with van der Waals surface area (Å²) in [6.07, 6.45) is 5.97. The third kappa shape index (κ3) is 5.17. The van der Waals surface area contributed by atoms with Crippen LogP contribution in [0.25, 0.3) is 5.76 Å². The molecule has 0 spiro atoms. The van der Waals surface area contributed by atoms with E-state index >= 15 is 0 Å². The maximum Gasteiger partial charge on any atom is 0.301 e. The number of aliphatic hydroxyl groups excluding tert-OH is 1. The number of carbonyl (C=O) groups is 3. The number of methoxy groups -OCH3 is 1. The first-order valence-electron chi connectivity index (χ1n) is 12.3. The van der Waals surface area contributed by atoms with Gasteiger partial charge < -0.3 is 14.6 Å². The highest BCUT2D eigenvalue weighted by atomic mass is 32.1. The van der Waals surface area contributed by atoms with Crippen LogP contribution in [-0.4, -0.2) is 46.3 Å². The van der Waals surface area contributed by atoms with Crippen LogP contribution in [0.5, 0.6) is 11.5 Å². The number of carbonyl (C=O) groups excluding carboxylic acids is 3. The second-order valence-corrected chi connectivity index (χ2v) is 9.82. The SMILES string of the molecule is CCCCCOc1ccc(C2/C(=C(\O)c3ccncc3)C(=O)C(=O)N2c2nc(C)c(C(C)=O)s2)cc1OC. The van der Waals surface area contributed by atoms with Crippen molar-refractivity contribution < 1.29 is 29.0 Å². The van der Waals surface area contributed by atoms with Crippen molar-refractivity contribution in [1.82, 2.24) is 9.97 Å². The molecule has 4 rings (SSSR count). The van der Waals surface area contributed by atoms with Crippen LogP contribution in [0, 0.1) is 6.92 Å². The summed E-state index contributed by atoms with van der Waals surface area (Å²) < 4.78 is 11.5. The summed E-state index contributed by atoms with van der Waals surface area (Å²) in [5, 5.41) is 11.4. The van der Waals surface area contributed by atoms with Crippen LogP contribution in [0.15, 0.2) is 48.3 Å². The number of unbranched alkanes of at least 4 members (excludes halogenated alkanes) is 2. The molecule has 1 fully saturated rings. The predicted octanol–water partition coefficient (Wildman–Crippen LogP) is 5.25. The van der Waals surface area contributed by atoms with Crippen LogP contribution in [0.3, 0.4) is 0 Å². The van der Waals surface area contributed by atoms with Gasteiger partial charge in [-0.25, -0.2) is 4.98 Å². The average Bonchev–Trinajstić information content (AvgIpc) is 3.43. The van der Waals surface area contributed by atoms with Crippen molar-refractivity contribution in [3.8, 4) is 11.5 Å². The molecule has 1 atom stereocenters. The van der Waals surface area contributed by atoms with Crippen molar-refractivity contribution in [3.63, 3.8) is 0 Å². The van der Waals surface area contributed by atoms with Gasteiger partial charge in [-0.15, -0.1) is 0 Å². The van der Waals surface area contributed by atoms with Gasteiger partial charge in [0, 0.05) is 24.9 Å². The van der Waals surface area contributed by atoms with E-state index in [0.717, 1.165) is 30.6 Å². The zero-order valence-corrected chi connectivity index (χ0v) is 22.5. The van der Waals surface area contributed by atoms with Gasteiger partial charge in [0.25, 0.3) is 5.78 Å². The van der Waals surface area contributed by atoms with E-state index < -0.39 is 17.7 Å². The zero-order valence-electron chi connectivity index (χ0n) is 21.7. The molecule has 3 aromatic rings. The molecule has 0 aliphatic carbocycles. The Morgan fingerprint density at radius 3 is 2.50 bits per heavy atom. The van der Waals surface area contributed by atoms with Gasteiger partial charge in [0.1, 0.15) is 5.76 Å². The number of hydrogen-bond acceptors (Lipinski definition) is 9. The standard InChI is InChI=1S/C28H29N3O6S/c1-5-6-7-14-37-20-9-8-19(15-21(20)36-4)23-22(24(33)18-10-12-29-13-11-18)25(34)27(35)31(23)28-30-16(2)26(38-28)17(3)32/h8-13,15,23,33H,5-7,14H2,1-4H3/b24-22+. The third-order valence-corrected chi connectivity index (χ3v) is 7.48. The van der Waals surface area contributed by atoms with Crippen LogP contribution >= 0.6 is 11.3 Å². The number of rotatable bonds is 10. The lowest BCUT2D eigenvalue weighted by Crippen LogP contribution is -2.29. The predicted molar refractivity (Wildman–Crippen MR) is 144 cm³/mol. The molecule has 1 aliphatic heterocycles. The molecule has 1 amide bonds. The molecule has 2 aromatic heterocycles. The summed E-state index contributed by atoms with van der Waals surface area (Å²) >= 11 is 1.03. The monoisotopic (exact) mass is 535 g/mol. The first kappa shape index (κ1) is 27.0. The molecule has 0 bridgehead atoms. The van der Waals surface area contributed by atoms with E-state index in [9.17, 15) is 19.5 Å². The Bertz CT molecular complexity index is 1400. The lowest BCUT2D eigenvalue weighted by atomic mass is 9.95. The van der Waals surface area contributed by atoms with Crippen LogP contribution in [0.1, 0.15) is 65.6 Å². The van der Waals surface area contributed by atoms with Gasteiger partial charge in [-0.1, -0.05) is 37.2 Å². The zero-order chi connectivity index (χ0) is 27.4. The van der Waals surface area contributed by atoms with Gasteiger partial charge in [0.2, 0.25) is 0 Å². The first-order valence-corrected chi connectivity index (χ1v) is 13.1. The summed E-state index contributed by atoms with van der Waals surface area (Å²) in [4.78, 5) is 48.9. The third-order valence-electron chi connectivity index (χ3n) is 6.22. The van der Waals surface area contributed by atoms with E-state index in [-0.39, 0.29) is 22.2 Å². The number of aryl methyl sites for hydroxylation is 1. The van der Waals surface area contributed by atoms with E-state index in [2.05, 4.69) is 16.9 Å². The van der Waals surface area contributed by atoms with Crippen LogP contribution < -0.4 is 14.4 Å². The van der Waals surface area contributed by atoms with Crippen LogP contribution in [0.4, 0.5) is 5.13 Å². The van der Waals surface area contributed by atoms with Crippen molar-refractivity contribution in [3.05, 3.63) is 70.0 Å². The molecule has 198 valence electrons. The minimum atomic E-state index is -1.02. The second-order valence-electron chi connectivity index (χ2n) is 8.84. The van der Waals surface area contributed by atoms with Gasteiger partial charge in [0.05, 0.1) is 35.9 Å². The topological polar surface area (TPSA) is 119 Å². The molecule has 1 N–H and O–H groups in total. The molecule has 38 heavy (non-hydrogen) atoms. The number of ketones is 2. The highest BCUT2D eigenvalue weighted by molar-refractivity contribution is 7.18. The Labute approximate surface area is 224 Å². The fraction of sp³-hybridized carbons (Fsp3) is 0.321. The largest absolute Gasteiger partial charge is 0.507 e. The lowest BCUT2D eigenvalue weighted by molar-refractivity contribution is -0.132. The number of nitrogens with zero attached hydrogens (tertiary/aromatic N) is 3. The molecule has 1 aromatic carbocycles. The molecular formula is C28H29N3O6S.